The van der Waals surface area contributed by atoms with Crippen molar-refractivity contribution in [3.63, 3.8) is 0 Å². The number of rotatable bonds is 12. The van der Waals surface area contributed by atoms with Gasteiger partial charge in [0, 0.05) is 77.6 Å². The Labute approximate surface area is 355 Å². The Morgan fingerprint density at radius 2 is 1.79 bits per heavy atom. The van der Waals surface area contributed by atoms with E-state index in [0.717, 1.165) is 104 Å². The molecule has 8 rings (SSSR count). The number of fused-ring (bicyclic) bond motifs is 5. The van der Waals surface area contributed by atoms with Crippen LogP contribution < -0.4 is 16.6 Å². The highest BCUT2D eigenvalue weighted by Gasteiger charge is 2.42. The number of carbonyl (C=O) groups is 1. The third kappa shape index (κ3) is 7.74. The first-order valence-electron chi connectivity index (χ1n) is 21.6. The van der Waals surface area contributed by atoms with E-state index >= 15 is 0 Å². The smallest absolute Gasteiger partial charge is 0.330 e. The number of aliphatic hydroxyl groups is 2. The van der Waals surface area contributed by atoms with E-state index in [1.807, 2.05) is 13.0 Å². The second-order valence-electron chi connectivity index (χ2n) is 17.0. The van der Waals surface area contributed by atoms with Gasteiger partial charge in [0.15, 0.2) is 0 Å². The summed E-state index contributed by atoms with van der Waals surface area (Å²) >= 11 is 0. The molecule has 322 valence electrons. The van der Waals surface area contributed by atoms with Gasteiger partial charge in [0.1, 0.15) is 24.7 Å². The van der Waals surface area contributed by atoms with Gasteiger partial charge in [-0.3, -0.25) is 19.1 Å². The Bertz CT molecular complexity index is 2570. The number of aliphatic imine (C=N–C) groups is 3. The molecule has 1 aromatic rings. The van der Waals surface area contributed by atoms with Crippen LogP contribution in [0.5, 0.6) is 0 Å². The number of unbranched alkanes of at least 4 members (excludes halogenated alkanes) is 1. The van der Waals surface area contributed by atoms with E-state index < -0.39 is 35.7 Å². The standard InChI is InChI=1S/C47H56N6O8/c1-9-11-14-59-27(8)42-25(6)33-16-32-24(5)29(12-13-41(56)60-21-39-37(54)19-40(61-39)53-20-22(3)46(57)52-47(53)58)44(50-32)30-15-38(55)43-26(7)34(51-45(30)43)17-35-28(10-2)23(4)31(48-35)18-36(42)49-33/h16-18,20,24,27,29,37,39-40,50,54-55H,9-15,19,21H2,1-8H3,(H,52,57,58)/t24?,27?,29?,37-,39+,40+/m1/s1. The third-order valence-corrected chi connectivity index (χ3v) is 13.1. The molecule has 1 aliphatic carbocycles. The number of aliphatic hydroxyl groups excluding tert-OH is 2. The van der Waals surface area contributed by atoms with Crippen molar-refractivity contribution in [3.8, 4) is 0 Å². The van der Waals surface area contributed by atoms with Crippen LogP contribution in [-0.4, -0.2) is 74.4 Å². The van der Waals surface area contributed by atoms with E-state index in [-0.39, 0.29) is 43.1 Å². The van der Waals surface area contributed by atoms with Crippen LogP contribution in [0.3, 0.4) is 0 Å². The first kappa shape index (κ1) is 42.3. The van der Waals surface area contributed by atoms with Gasteiger partial charge in [0.25, 0.3) is 5.56 Å². The third-order valence-electron chi connectivity index (χ3n) is 13.1. The summed E-state index contributed by atoms with van der Waals surface area (Å²) in [5.74, 6) is -0.427. The van der Waals surface area contributed by atoms with Gasteiger partial charge in [0.05, 0.1) is 46.4 Å². The molecule has 2 fully saturated rings. The van der Waals surface area contributed by atoms with Gasteiger partial charge in [-0.2, -0.15) is 0 Å². The molecular formula is C47H56N6O8. The summed E-state index contributed by atoms with van der Waals surface area (Å²) in [6.45, 7) is 16.7. The van der Waals surface area contributed by atoms with Crippen molar-refractivity contribution in [1.29, 1.82) is 0 Å². The van der Waals surface area contributed by atoms with Crippen LogP contribution in [0.25, 0.3) is 0 Å². The molecule has 61 heavy (non-hydrogen) atoms. The SMILES string of the molecule is CCCCOC(C)C1=C(C)C2=NC1=CC1=NC(=CC3=C(C)C4=C(O)CC(=C5NC(=C2)C(C)C5CCC(=O)OC[C@@H]2O[C@H](n5cc(C)c(=O)[nH]c5=O)C[C@H]2O)C4=N3)C(CC)=C1C. The number of carbonyl (C=O) groups excluding carboxylic acids is 1. The zero-order chi connectivity index (χ0) is 43.4. The van der Waals surface area contributed by atoms with Crippen molar-refractivity contribution in [2.75, 3.05) is 13.2 Å². The molecule has 0 spiro atoms. The van der Waals surface area contributed by atoms with Gasteiger partial charge in [0.2, 0.25) is 0 Å². The number of nitrogens with one attached hydrogen (secondary N) is 2. The minimum Gasteiger partial charge on any atom is -0.511 e. The lowest BCUT2D eigenvalue weighted by Crippen LogP contribution is -2.33. The number of ether oxygens (including phenoxy) is 3. The lowest BCUT2D eigenvalue weighted by atomic mass is 9.86. The fourth-order valence-electron chi connectivity index (χ4n) is 9.48. The largest absolute Gasteiger partial charge is 0.511 e. The molecule has 0 aromatic carbocycles. The molecule has 3 unspecified atom stereocenters. The van der Waals surface area contributed by atoms with Gasteiger partial charge in [-0.25, -0.2) is 19.8 Å². The Kier molecular flexibility index (Phi) is 11.6. The maximum atomic E-state index is 13.4. The van der Waals surface area contributed by atoms with Crippen LogP contribution in [0.1, 0.15) is 105 Å². The monoisotopic (exact) mass is 832 g/mol. The zero-order valence-electron chi connectivity index (χ0n) is 36.3. The molecule has 0 amide bonds. The van der Waals surface area contributed by atoms with E-state index in [9.17, 15) is 24.6 Å². The summed E-state index contributed by atoms with van der Waals surface area (Å²) in [6, 6.07) is 0. The molecule has 0 saturated carbocycles. The van der Waals surface area contributed by atoms with Gasteiger partial charge in [-0.1, -0.05) is 27.2 Å². The maximum Gasteiger partial charge on any atom is 0.330 e. The number of allylic oxidation sites excluding steroid dienone is 11. The number of nitrogens with zero attached hydrogens (tertiary/aromatic N) is 4. The van der Waals surface area contributed by atoms with E-state index in [4.69, 9.17) is 29.2 Å². The summed E-state index contributed by atoms with van der Waals surface area (Å²) in [7, 11) is 0. The highest BCUT2D eigenvalue weighted by molar-refractivity contribution is 6.21. The van der Waals surface area contributed by atoms with E-state index in [2.05, 4.69) is 64.0 Å². The van der Waals surface area contributed by atoms with Crippen LogP contribution in [0.4, 0.5) is 0 Å². The molecule has 14 nitrogen and oxygen atoms in total. The lowest BCUT2D eigenvalue weighted by Gasteiger charge is -2.19. The van der Waals surface area contributed by atoms with E-state index in [1.165, 1.54) is 10.8 Å². The number of hydrogen-bond donors (Lipinski definition) is 4. The molecule has 7 heterocycles. The molecular weight excluding hydrogens is 777 g/mol. The Balaban J connectivity index is 1.10. The minimum atomic E-state index is -0.986. The van der Waals surface area contributed by atoms with Crippen molar-refractivity contribution in [3.05, 3.63) is 124 Å². The quantitative estimate of drug-likeness (QED) is 0.131. The average molecular weight is 833 g/mol. The number of aromatic amines is 1. The number of H-pyrrole nitrogens is 1. The van der Waals surface area contributed by atoms with Crippen molar-refractivity contribution in [2.45, 2.75) is 125 Å². The average Bonchev–Trinajstić information content (AvgIpc) is 4.04. The summed E-state index contributed by atoms with van der Waals surface area (Å²) in [5.41, 5.74) is 12.7. The maximum absolute atomic E-state index is 13.4. The Morgan fingerprint density at radius 3 is 2.54 bits per heavy atom. The van der Waals surface area contributed by atoms with Crippen molar-refractivity contribution < 1.29 is 29.2 Å². The van der Waals surface area contributed by atoms with Crippen molar-refractivity contribution in [1.82, 2.24) is 14.9 Å². The van der Waals surface area contributed by atoms with Crippen LogP contribution in [0, 0.1) is 18.8 Å². The minimum absolute atomic E-state index is 0.0717. The second-order valence-corrected chi connectivity index (χ2v) is 17.0. The molecule has 2 saturated heterocycles. The predicted molar refractivity (Wildman–Crippen MR) is 233 cm³/mol. The van der Waals surface area contributed by atoms with E-state index in [1.54, 1.807) is 6.92 Å². The predicted octanol–water partition coefficient (Wildman–Crippen LogP) is 6.69. The van der Waals surface area contributed by atoms with Crippen molar-refractivity contribution >= 4 is 23.1 Å². The highest BCUT2D eigenvalue weighted by atomic mass is 16.6. The molecule has 1 aromatic heterocycles. The van der Waals surface area contributed by atoms with Gasteiger partial charge in [-0.15, -0.1) is 0 Å². The van der Waals surface area contributed by atoms with Crippen LogP contribution in [-0.2, 0) is 19.0 Å². The molecule has 6 aliphatic heterocycles. The van der Waals surface area contributed by atoms with Gasteiger partial charge < -0.3 is 29.7 Å². The summed E-state index contributed by atoms with van der Waals surface area (Å²) < 4.78 is 19.2. The topological polar surface area (TPSA) is 189 Å². The summed E-state index contributed by atoms with van der Waals surface area (Å²) in [5, 5.41) is 26.0. The molecule has 6 atom stereocenters. The fraction of sp³-hybridized carbons (Fsp3) is 0.489. The van der Waals surface area contributed by atoms with Crippen LogP contribution >= 0.6 is 0 Å². The molecule has 0 radical (unpaired) electrons. The highest BCUT2D eigenvalue weighted by Crippen LogP contribution is 2.47. The second kappa shape index (κ2) is 16.8. The number of hydrogen-bond acceptors (Lipinski definition) is 12. The molecule has 4 N–H and O–H groups in total. The van der Waals surface area contributed by atoms with Crippen LogP contribution in [0.2, 0.25) is 0 Å². The Hall–Kier alpha value is -5.44. The number of aromatic nitrogens is 2. The first-order valence-corrected chi connectivity index (χ1v) is 21.6. The molecule has 8 bridgehead atoms. The summed E-state index contributed by atoms with van der Waals surface area (Å²) in [4.78, 5) is 55.6. The normalized spacial score (nSPS) is 26.2. The zero-order valence-corrected chi connectivity index (χ0v) is 36.3. The van der Waals surface area contributed by atoms with Crippen LogP contribution in [0.15, 0.2) is 122 Å². The Morgan fingerprint density at radius 1 is 1.03 bits per heavy atom. The fourth-order valence-corrected chi connectivity index (χ4v) is 9.48. The first-order chi connectivity index (χ1) is 29.2. The lowest BCUT2D eigenvalue weighted by molar-refractivity contribution is -0.150. The number of aryl methyl sites for hydroxylation is 1. The molecule has 14 heteroatoms. The van der Waals surface area contributed by atoms with Gasteiger partial charge in [-0.05, 0) is 94.4 Å². The summed E-state index contributed by atoms with van der Waals surface area (Å²) in [6.07, 6.45) is 8.46. The van der Waals surface area contributed by atoms with Gasteiger partial charge >= 0.3 is 11.7 Å². The molecule has 7 aliphatic rings. The number of esters is 1. The van der Waals surface area contributed by atoms with E-state index in [0.29, 0.717) is 25.0 Å². The van der Waals surface area contributed by atoms with Crippen molar-refractivity contribution in [2.24, 2.45) is 26.8 Å².